The highest BCUT2D eigenvalue weighted by atomic mass is 32.1. The number of benzene rings is 2. The fourth-order valence-electron chi connectivity index (χ4n) is 3.08. The molecule has 0 atom stereocenters. The molecule has 8 nitrogen and oxygen atoms in total. The Balaban J connectivity index is 1.50. The molecule has 1 amide bonds. The Hall–Kier alpha value is -3.85. The molecule has 0 saturated carbocycles. The average Bonchev–Trinajstić information content (AvgIpc) is 3.22. The number of fused-ring (bicyclic) bond motifs is 1. The third kappa shape index (κ3) is 4.57. The molecule has 0 spiro atoms. The molecular formula is C23H20N4O4S. The molecule has 2 aromatic heterocycles. The van der Waals surface area contributed by atoms with E-state index in [2.05, 4.69) is 15.4 Å². The number of esters is 1. The van der Waals surface area contributed by atoms with Crippen molar-refractivity contribution in [2.75, 3.05) is 5.32 Å². The predicted molar refractivity (Wildman–Crippen MR) is 121 cm³/mol. The Morgan fingerprint density at radius 3 is 2.72 bits per heavy atom. The molecule has 0 aliphatic carbocycles. The highest BCUT2D eigenvalue weighted by Gasteiger charge is 2.16. The number of hydrogen-bond donors (Lipinski definition) is 1. The van der Waals surface area contributed by atoms with Crippen LogP contribution in [-0.4, -0.2) is 26.5 Å². The second-order valence-electron chi connectivity index (χ2n) is 7.07. The standard InChI is InChI=1S/C23H20N4O4S/c1-3-19-26-27-20(28)12-16(24-23(27)32-19)13-31-22(30)17-9-4-5-10-18(17)25-21(29)15-8-6-7-14(2)11-15/h4-12H,3,13H2,1-2H3,(H,25,29). The van der Waals surface area contributed by atoms with E-state index in [0.29, 0.717) is 28.3 Å². The zero-order valence-corrected chi connectivity index (χ0v) is 18.3. The number of nitrogens with zero attached hydrogens (tertiary/aromatic N) is 3. The first-order valence-corrected chi connectivity index (χ1v) is 10.8. The number of aromatic nitrogens is 3. The van der Waals surface area contributed by atoms with Gasteiger partial charge in [0.1, 0.15) is 11.6 Å². The lowest BCUT2D eigenvalue weighted by Gasteiger charge is -2.11. The molecule has 0 unspecified atom stereocenters. The molecule has 0 radical (unpaired) electrons. The number of hydrogen-bond acceptors (Lipinski definition) is 7. The van der Waals surface area contributed by atoms with Crippen LogP contribution in [-0.2, 0) is 17.8 Å². The van der Waals surface area contributed by atoms with Gasteiger partial charge in [0.05, 0.1) is 16.9 Å². The molecule has 4 aromatic rings. The molecule has 0 bridgehead atoms. The molecule has 0 fully saturated rings. The van der Waals surface area contributed by atoms with Crippen LogP contribution in [0.1, 0.15) is 43.9 Å². The molecule has 0 saturated heterocycles. The number of anilines is 1. The fraction of sp³-hybridized carbons (Fsp3) is 0.174. The lowest BCUT2D eigenvalue weighted by Crippen LogP contribution is -2.18. The van der Waals surface area contributed by atoms with Crippen LogP contribution in [0.25, 0.3) is 4.96 Å². The Bertz CT molecular complexity index is 1380. The monoisotopic (exact) mass is 448 g/mol. The van der Waals surface area contributed by atoms with Crippen molar-refractivity contribution in [1.82, 2.24) is 14.6 Å². The van der Waals surface area contributed by atoms with Gasteiger partial charge in [-0.1, -0.05) is 48.1 Å². The zero-order valence-electron chi connectivity index (χ0n) is 17.5. The lowest BCUT2D eigenvalue weighted by atomic mass is 10.1. The first-order chi connectivity index (χ1) is 15.4. The van der Waals surface area contributed by atoms with Gasteiger partial charge in [-0.15, -0.1) is 0 Å². The van der Waals surface area contributed by atoms with Crippen LogP contribution in [0.5, 0.6) is 0 Å². The summed E-state index contributed by atoms with van der Waals surface area (Å²) in [6, 6.07) is 15.0. The summed E-state index contributed by atoms with van der Waals surface area (Å²) < 4.78 is 6.62. The van der Waals surface area contributed by atoms with Crippen molar-refractivity contribution in [3.63, 3.8) is 0 Å². The maximum atomic E-state index is 12.7. The number of carbonyl (C=O) groups is 2. The summed E-state index contributed by atoms with van der Waals surface area (Å²) in [5, 5.41) is 7.75. The summed E-state index contributed by atoms with van der Waals surface area (Å²) in [7, 11) is 0. The summed E-state index contributed by atoms with van der Waals surface area (Å²) in [5.74, 6) is -0.961. The molecule has 9 heteroatoms. The van der Waals surface area contributed by atoms with Gasteiger partial charge in [-0.3, -0.25) is 9.59 Å². The largest absolute Gasteiger partial charge is 0.456 e. The first kappa shape index (κ1) is 21.4. The third-order valence-electron chi connectivity index (χ3n) is 4.67. The van der Waals surface area contributed by atoms with Crippen LogP contribution in [0.3, 0.4) is 0 Å². The van der Waals surface area contributed by atoms with Gasteiger partial charge in [-0.2, -0.15) is 9.61 Å². The van der Waals surface area contributed by atoms with E-state index >= 15 is 0 Å². The van der Waals surface area contributed by atoms with E-state index in [1.54, 1.807) is 42.5 Å². The Kier molecular flexibility index (Phi) is 6.09. The van der Waals surface area contributed by atoms with Crippen molar-refractivity contribution in [2.45, 2.75) is 26.9 Å². The minimum Gasteiger partial charge on any atom is -0.456 e. The summed E-state index contributed by atoms with van der Waals surface area (Å²) in [4.78, 5) is 42.4. The van der Waals surface area contributed by atoms with E-state index in [9.17, 15) is 14.4 Å². The van der Waals surface area contributed by atoms with Crippen LogP contribution in [0.2, 0.25) is 0 Å². The lowest BCUT2D eigenvalue weighted by molar-refractivity contribution is 0.0469. The van der Waals surface area contributed by atoms with E-state index < -0.39 is 5.97 Å². The van der Waals surface area contributed by atoms with Crippen molar-refractivity contribution < 1.29 is 14.3 Å². The van der Waals surface area contributed by atoms with Crippen molar-refractivity contribution in [2.24, 2.45) is 0 Å². The summed E-state index contributed by atoms with van der Waals surface area (Å²) >= 11 is 1.32. The quantitative estimate of drug-likeness (QED) is 0.452. The van der Waals surface area contributed by atoms with Crippen molar-refractivity contribution in [3.8, 4) is 0 Å². The molecule has 0 aliphatic rings. The number of amides is 1. The molecule has 4 rings (SSSR count). The van der Waals surface area contributed by atoms with Crippen molar-refractivity contribution in [3.05, 3.63) is 92.3 Å². The van der Waals surface area contributed by atoms with Crippen molar-refractivity contribution >= 4 is 33.9 Å². The van der Waals surface area contributed by atoms with Crippen LogP contribution >= 0.6 is 11.3 Å². The molecule has 1 N–H and O–H groups in total. The average molecular weight is 449 g/mol. The van der Waals surface area contributed by atoms with Crippen LogP contribution in [0, 0.1) is 6.92 Å². The second kappa shape index (κ2) is 9.11. The topological polar surface area (TPSA) is 103 Å². The van der Waals surface area contributed by atoms with Gasteiger partial charge in [-0.25, -0.2) is 9.78 Å². The van der Waals surface area contributed by atoms with Crippen LogP contribution < -0.4 is 10.9 Å². The molecule has 0 aliphatic heterocycles. The summed E-state index contributed by atoms with van der Waals surface area (Å²) in [6.45, 7) is 3.67. The molecular weight excluding hydrogens is 428 g/mol. The van der Waals surface area contributed by atoms with E-state index in [4.69, 9.17) is 4.74 Å². The SMILES string of the molecule is CCc1nn2c(=O)cc(COC(=O)c3ccccc3NC(=O)c3cccc(C)c3)nc2s1. The van der Waals surface area contributed by atoms with Gasteiger partial charge in [0, 0.05) is 11.6 Å². The number of ether oxygens (including phenoxy) is 1. The van der Waals surface area contributed by atoms with E-state index in [0.717, 1.165) is 10.6 Å². The number of rotatable bonds is 6. The number of nitrogens with one attached hydrogen (secondary N) is 1. The normalized spacial score (nSPS) is 10.8. The number of para-hydroxylation sites is 1. The fourth-order valence-corrected chi connectivity index (χ4v) is 3.94. The molecule has 32 heavy (non-hydrogen) atoms. The zero-order chi connectivity index (χ0) is 22.7. The summed E-state index contributed by atoms with van der Waals surface area (Å²) in [5.41, 5.74) is 1.98. The first-order valence-electron chi connectivity index (χ1n) is 9.97. The summed E-state index contributed by atoms with van der Waals surface area (Å²) in [6.07, 6.45) is 0.697. The molecule has 162 valence electrons. The smallest absolute Gasteiger partial charge is 0.340 e. The van der Waals surface area contributed by atoms with Gasteiger partial charge in [0.25, 0.3) is 11.5 Å². The van der Waals surface area contributed by atoms with Gasteiger partial charge in [-0.05, 0) is 37.6 Å². The molecule has 2 heterocycles. The van der Waals surface area contributed by atoms with Gasteiger partial charge >= 0.3 is 5.97 Å². The maximum Gasteiger partial charge on any atom is 0.340 e. The van der Waals surface area contributed by atoms with E-state index in [-0.39, 0.29) is 23.6 Å². The Morgan fingerprint density at radius 2 is 1.94 bits per heavy atom. The van der Waals surface area contributed by atoms with Gasteiger partial charge in [0.15, 0.2) is 0 Å². The van der Waals surface area contributed by atoms with Gasteiger partial charge < -0.3 is 10.1 Å². The van der Waals surface area contributed by atoms with Gasteiger partial charge in [0.2, 0.25) is 4.96 Å². The number of aryl methyl sites for hydroxylation is 2. The van der Waals surface area contributed by atoms with Crippen LogP contribution in [0.15, 0.2) is 59.4 Å². The highest BCUT2D eigenvalue weighted by molar-refractivity contribution is 7.16. The third-order valence-corrected chi connectivity index (χ3v) is 5.72. The maximum absolute atomic E-state index is 12.7. The second-order valence-corrected chi connectivity index (χ2v) is 8.12. The van der Waals surface area contributed by atoms with Crippen molar-refractivity contribution in [1.29, 1.82) is 0 Å². The number of carbonyl (C=O) groups excluding carboxylic acids is 2. The highest BCUT2D eigenvalue weighted by Crippen LogP contribution is 2.19. The minimum atomic E-state index is -0.634. The molecule has 2 aromatic carbocycles. The minimum absolute atomic E-state index is 0.176. The van der Waals surface area contributed by atoms with E-state index in [1.165, 1.54) is 21.9 Å². The Labute approximate surface area is 187 Å². The Morgan fingerprint density at radius 1 is 1.12 bits per heavy atom. The van der Waals surface area contributed by atoms with Crippen LogP contribution in [0.4, 0.5) is 5.69 Å². The van der Waals surface area contributed by atoms with E-state index in [1.807, 2.05) is 19.9 Å². The predicted octanol–water partition coefficient (Wildman–Crippen LogP) is 3.63.